The van der Waals surface area contributed by atoms with E-state index < -0.39 is 24.1 Å². The summed E-state index contributed by atoms with van der Waals surface area (Å²) in [5.74, 6) is 0.827. The van der Waals surface area contributed by atoms with Crippen molar-refractivity contribution in [1.82, 2.24) is 4.90 Å². The van der Waals surface area contributed by atoms with Gasteiger partial charge in [-0.3, -0.25) is 4.79 Å². The fourth-order valence-electron chi connectivity index (χ4n) is 4.41. The van der Waals surface area contributed by atoms with E-state index in [1.54, 1.807) is 29.4 Å². The molecule has 1 saturated heterocycles. The molecule has 8 nitrogen and oxygen atoms in total. The number of rotatable bonds is 12. The van der Waals surface area contributed by atoms with Gasteiger partial charge < -0.3 is 24.6 Å². The smallest absolute Gasteiger partial charge is 0.387 e. The Morgan fingerprint density at radius 3 is 2.42 bits per heavy atom. The summed E-state index contributed by atoms with van der Waals surface area (Å²) in [6, 6.07) is 4.48. The molecule has 2 N–H and O–H groups in total. The molecular formula is C27H30Cl2F2N2O6S. The zero-order valence-electron chi connectivity index (χ0n) is 21.5. The number of aromatic nitrogens is 1. The second-order valence-corrected chi connectivity index (χ2v) is 12.1. The number of carbonyl (C=O) groups excluding carboxylic acids is 2. The molecule has 1 aromatic heterocycles. The highest BCUT2D eigenvalue weighted by Crippen LogP contribution is 2.39. The highest BCUT2D eigenvalue weighted by atomic mass is 35.5. The Morgan fingerprint density at radius 1 is 1.07 bits per heavy atom. The van der Waals surface area contributed by atoms with Crippen molar-refractivity contribution in [2.24, 2.45) is 11.8 Å². The van der Waals surface area contributed by atoms with E-state index in [-0.39, 0.29) is 29.3 Å². The summed E-state index contributed by atoms with van der Waals surface area (Å²) in [5, 5.41) is -0.0633. The number of nitrogens with one attached hydrogen (secondary N) is 1. The Bertz CT molecular complexity index is 1200. The third-order valence-corrected chi connectivity index (χ3v) is 8.80. The summed E-state index contributed by atoms with van der Waals surface area (Å²) < 4.78 is 42.7. The SMILES string of the molecule is O=C(O[C@@H](Cc1c(Cl)c[nH+]cc1Cl)c1ccc(OC(F)F)c(OCC2CC2)c1)[C@@H]1SCCN1C(=O)CC1CC1.[OH-]. The lowest BCUT2D eigenvalue weighted by molar-refractivity contribution is -0.377. The number of halogens is 4. The molecule has 1 aliphatic heterocycles. The first kappa shape index (κ1) is 30.6. The molecular weight excluding hydrogens is 589 g/mol. The van der Waals surface area contributed by atoms with E-state index in [1.807, 2.05) is 0 Å². The average Bonchev–Trinajstić information content (AvgIpc) is 3.83. The van der Waals surface area contributed by atoms with Crippen molar-refractivity contribution < 1.29 is 43.0 Å². The van der Waals surface area contributed by atoms with Crippen LogP contribution in [-0.2, 0) is 20.7 Å². The average molecular weight is 620 g/mol. The molecule has 0 bridgehead atoms. The lowest BCUT2D eigenvalue weighted by Crippen LogP contribution is -2.41. The molecule has 2 atom stereocenters. The van der Waals surface area contributed by atoms with Gasteiger partial charge in [0, 0.05) is 30.7 Å². The lowest BCUT2D eigenvalue weighted by atomic mass is 10.0. The first-order chi connectivity index (χ1) is 18.8. The van der Waals surface area contributed by atoms with Crippen molar-refractivity contribution in [3.63, 3.8) is 0 Å². The van der Waals surface area contributed by atoms with Gasteiger partial charge in [-0.25, -0.2) is 9.78 Å². The number of esters is 1. The van der Waals surface area contributed by atoms with E-state index in [4.69, 9.17) is 32.7 Å². The van der Waals surface area contributed by atoms with Gasteiger partial charge in [-0.2, -0.15) is 8.78 Å². The minimum Gasteiger partial charge on any atom is -0.870 e. The number of ether oxygens (including phenoxy) is 3. The van der Waals surface area contributed by atoms with Crippen LogP contribution in [0.3, 0.4) is 0 Å². The van der Waals surface area contributed by atoms with Crippen molar-refractivity contribution in [1.29, 1.82) is 0 Å². The van der Waals surface area contributed by atoms with E-state index in [0.717, 1.165) is 25.7 Å². The monoisotopic (exact) mass is 618 g/mol. The molecule has 2 aliphatic carbocycles. The van der Waals surface area contributed by atoms with Crippen molar-refractivity contribution in [3.05, 3.63) is 51.8 Å². The number of carbonyl (C=O) groups is 2. The molecule has 1 amide bonds. The summed E-state index contributed by atoms with van der Waals surface area (Å²) >= 11 is 14.2. The molecule has 0 radical (unpaired) electrons. The number of pyridine rings is 1. The number of hydrogen-bond donors (Lipinski definition) is 0. The van der Waals surface area contributed by atoms with Gasteiger partial charge in [0.15, 0.2) is 29.3 Å². The van der Waals surface area contributed by atoms with E-state index in [1.165, 1.54) is 17.8 Å². The van der Waals surface area contributed by atoms with Crippen LogP contribution < -0.4 is 14.5 Å². The Labute approximate surface area is 244 Å². The Balaban J connectivity index is 0.00000370. The molecule has 3 aliphatic rings. The maximum Gasteiger partial charge on any atom is 0.387 e. The molecule has 218 valence electrons. The highest BCUT2D eigenvalue weighted by Gasteiger charge is 2.39. The zero-order valence-corrected chi connectivity index (χ0v) is 23.8. The van der Waals surface area contributed by atoms with Gasteiger partial charge in [-0.05, 0) is 55.2 Å². The van der Waals surface area contributed by atoms with Gasteiger partial charge in [0.2, 0.25) is 5.91 Å². The highest BCUT2D eigenvalue weighted by molar-refractivity contribution is 8.00. The molecule has 2 heterocycles. The molecule has 2 aromatic rings. The molecule has 0 unspecified atom stereocenters. The number of alkyl halides is 2. The molecule has 2 saturated carbocycles. The van der Waals surface area contributed by atoms with E-state index >= 15 is 0 Å². The maximum absolute atomic E-state index is 13.5. The second-order valence-electron chi connectivity index (χ2n) is 10.1. The van der Waals surface area contributed by atoms with Crippen LogP contribution in [0.2, 0.25) is 10.0 Å². The summed E-state index contributed by atoms with van der Waals surface area (Å²) in [7, 11) is 0. The predicted octanol–water partition coefficient (Wildman–Crippen LogP) is 5.55. The number of H-pyrrole nitrogens is 1. The Hall–Kier alpha value is -2.34. The van der Waals surface area contributed by atoms with E-state index in [0.29, 0.717) is 58.3 Å². The van der Waals surface area contributed by atoms with Gasteiger partial charge in [-0.1, -0.05) is 29.3 Å². The zero-order chi connectivity index (χ0) is 27.5. The summed E-state index contributed by atoms with van der Waals surface area (Å²) in [5.41, 5.74) is 1.04. The van der Waals surface area contributed by atoms with Gasteiger partial charge in [-0.15, -0.1) is 11.8 Å². The summed E-state index contributed by atoms with van der Waals surface area (Å²) in [6.07, 6.45) is 6.90. The minimum atomic E-state index is -3.02. The van der Waals surface area contributed by atoms with Crippen molar-refractivity contribution in [3.8, 4) is 11.5 Å². The van der Waals surface area contributed by atoms with Crippen LogP contribution in [-0.4, -0.2) is 53.1 Å². The van der Waals surface area contributed by atoms with Crippen molar-refractivity contribution in [2.45, 2.75) is 56.6 Å². The van der Waals surface area contributed by atoms with Crippen molar-refractivity contribution >= 4 is 46.8 Å². The molecule has 3 fully saturated rings. The maximum atomic E-state index is 13.5. The van der Waals surface area contributed by atoms with Gasteiger partial charge >= 0.3 is 12.6 Å². The lowest BCUT2D eigenvalue weighted by Gasteiger charge is -2.26. The number of aromatic amines is 1. The molecule has 40 heavy (non-hydrogen) atoms. The Morgan fingerprint density at radius 2 is 1.77 bits per heavy atom. The quantitative estimate of drug-likeness (QED) is 0.287. The molecule has 5 rings (SSSR count). The second kappa shape index (κ2) is 13.5. The van der Waals surface area contributed by atoms with Crippen LogP contribution >= 0.6 is 35.0 Å². The van der Waals surface area contributed by atoms with Crippen LogP contribution in [0.4, 0.5) is 8.78 Å². The van der Waals surface area contributed by atoms with Gasteiger partial charge in [0.25, 0.3) is 0 Å². The van der Waals surface area contributed by atoms with Crippen molar-refractivity contribution in [2.75, 3.05) is 18.9 Å². The van der Waals surface area contributed by atoms with Crippen LogP contribution in [0.1, 0.15) is 49.3 Å². The van der Waals surface area contributed by atoms with Crippen LogP contribution in [0.15, 0.2) is 30.6 Å². The van der Waals surface area contributed by atoms with Crippen LogP contribution in [0.5, 0.6) is 11.5 Å². The standard InChI is InChI=1S/C27H28Cl2F2N2O5S.H2O/c28-19-12-32-13-20(29)18(19)11-22(37-26(35)25-33(7-8-39-25)24(34)9-15-1-2-15)17-5-6-21(38-27(30)31)23(10-17)36-14-16-3-4-16;/h5-6,10,12-13,15-16,22,25,27H,1-4,7-9,11,14H2;1H2/t22-,25-;/m0./s1. The minimum absolute atomic E-state index is 0. The van der Waals surface area contributed by atoms with Crippen LogP contribution in [0, 0.1) is 11.8 Å². The number of hydrogen-bond acceptors (Lipinski definition) is 7. The largest absolute Gasteiger partial charge is 0.870 e. The first-order valence-corrected chi connectivity index (χ1v) is 14.8. The number of benzene rings is 1. The van der Waals surface area contributed by atoms with Gasteiger partial charge in [0.1, 0.15) is 16.1 Å². The third kappa shape index (κ3) is 7.90. The summed E-state index contributed by atoms with van der Waals surface area (Å²) in [4.78, 5) is 30.7. The van der Waals surface area contributed by atoms with Gasteiger partial charge in [0.05, 0.1) is 6.61 Å². The fraction of sp³-hybridized carbons (Fsp3) is 0.519. The molecule has 13 heteroatoms. The molecule has 1 aromatic carbocycles. The number of nitrogens with zero attached hydrogens (tertiary/aromatic N) is 1. The fourth-order valence-corrected chi connectivity index (χ4v) is 6.06. The molecule has 0 spiro atoms. The summed E-state index contributed by atoms with van der Waals surface area (Å²) in [6.45, 7) is -2.17. The normalized spacial score (nSPS) is 19.2. The number of thioether (sulfide) groups is 1. The van der Waals surface area contributed by atoms with E-state index in [2.05, 4.69) is 9.72 Å². The topological polar surface area (TPSA) is 109 Å². The van der Waals surface area contributed by atoms with Crippen LogP contribution in [0.25, 0.3) is 0 Å². The predicted molar refractivity (Wildman–Crippen MR) is 144 cm³/mol. The Kier molecular flexibility index (Phi) is 10.4. The first-order valence-electron chi connectivity index (χ1n) is 13.0. The number of amides is 1. The third-order valence-electron chi connectivity index (χ3n) is 6.94. The van der Waals surface area contributed by atoms with E-state index in [9.17, 15) is 18.4 Å².